The van der Waals surface area contributed by atoms with Crippen LogP contribution in [0.5, 0.6) is 0 Å². The molecule has 0 radical (unpaired) electrons. The van der Waals surface area contributed by atoms with Crippen LogP contribution >= 0.6 is 11.6 Å². The second kappa shape index (κ2) is 6.90. The van der Waals surface area contributed by atoms with Crippen molar-refractivity contribution < 1.29 is 14.3 Å². The molecule has 0 unspecified atom stereocenters. The number of Topliss-reactive ketones (excluding diaryl/α,β-unsaturated/α-hetero) is 1. The lowest BCUT2D eigenvalue weighted by Gasteiger charge is -2.58. The summed E-state index contributed by atoms with van der Waals surface area (Å²) in [5.41, 5.74) is 1.91. The highest BCUT2D eigenvalue weighted by atomic mass is 35.5. The van der Waals surface area contributed by atoms with Crippen LogP contribution in [-0.2, 0) is 14.3 Å². The van der Waals surface area contributed by atoms with E-state index in [2.05, 4.69) is 19.9 Å². The molecule has 4 aliphatic carbocycles. The van der Waals surface area contributed by atoms with Crippen LogP contribution in [0.4, 0.5) is 0 Å². The predicted molar refractivity (Wildman–Crippen MR) is 106 cm³/mol. The minimum absolute atomic E-state index is 0.0597. The number of carbonyl (C=O) groups is 2. The molecule has 4 rings (SSSR count). The molecule has 3 nitrogen and oxygen atoms in total. The van der Waals surface area contributed by atoms with Crippen molar-refractivity contribution in [3.63, 3.8) is 0 Å². The van der Waals surface area contributed by atoms with E-state index in [4.69, 9.17) is 16.3 Å². The first-order valence-corrected chi connectivity index (χ1v) is 11.3. The third-order valence-corrected chi connectivity index (χ3v) is 9.18. The number of ether oxygens (including phenoxy) is 1. The molecule has 0 bridgehead atoms. The molecule has 150 valence electrons. The molecule has 4 heteroatoms. The van der Waals surface area contributed by atoms with Crippen LogP contribution in [0.15, 0.2) is 11.6 Å². The van der Waals surface area contributed by atoms with E-state index in [0.717, 1.165) is 38.5 Å². The van der Waals surface area contributed by atoms with Crippen molar-refractivity contribution in [2.45, 2.75) is 78.2 Å². The Hall–Kier alpha value is -0.830. The van der Waals surface area contributed by atoms with Gasteiger partial charge in [0.2, 0.25) is 0 Å². The number of esters is 1. The Morgan fingerprint density at radius 3 is 2.63 bits per heavy atom. The third kappa shape index (κ3) is 2.99. The van der Waals surface area contributed by atoms with Crippen molar-refractivity contribution in [1.29, 1.82) is 0 Å². The van der Waals surface area contributed by atoms with Crippen LogP contribution in [0.2, 0.25) is 0 Å². The summed E-state index contributed by atoms with van der Waals surface area (Å²) in [6.07, 6.45) is 11.2. The number of fused-ring (bicyclic) bond motifs is 5. The Morgan fingerprint density at radius 1 is 1.15 bits per heavy atom. The Bertz CT molecular complexity index is 671. The molecular weight excluding hydrogens is 360 g/mol. The molecule has 0 aromatic rings. The molecule has 0 aliphatic heterocycles. The van der Waals surface area contributed by atoms with Crippen molar-refractivity contribution in [2.75, 3.05) is 5.88 Å². The molecule has 7 atom stereocenters. The maximum atomic E-state index is 12.5. The number of rotatable bonds is 3. The zero-order chi connectivity index (χ0) is 19.4. The molecule has 27 heavy (non-hydrogen) atoms. The molecule has 0 aromatic heterocycles. The number of carbonyl (C=O) groups excluding carboxylic acids is 2. The number of alkyl halides is 1. The van der Waals surface area contributed by atoms with Crippen LogP contribution in [0, 0.1) is 34.5 Å². The largest absolute Gasteiger partial charge is 0.462 e. The van der Waals surface area contributed by atoms with Gasteiger partial charge in [-0.2, -0.15) is 0 Å². The van der Waals surface area contributed by atoms with Crippen molar-refractivity contribution in [1.82, 2.24) is 0 Å². The molecule has 4 aliphatic rings. The number of hydrogen-bond donors (Lipinski definition) is 0. The lowest BCUT2D eigenvalue weighted by Crippen LogP contribution is -2.51. The minimum Gasteiger partial charge on any atom is -0.462 e. The van der Waals surface area contributed by atoms with Crippen molar-refractivity contribution in [2.24, 2.45) is 34.5 Å². The zero-order valence-electron chi connectivity index (χ0n) is 16.9. The summed E-state index contributed by atoms with van der Waals surface area (Å²) in [7, 11) is 0. The van der Waals surface area contributed by atoms with E-state index < -0.39 is 0 Å². The summed E-state index contributed by atoms with van der Waals surface area (Å²) >= 11 is 5.93. The van der Waals surface area contributed by atoms with E-state index in [1.807, 2.05) is 0 Å². The Balaban J connectivity index is 1.57. The van der Waals surface area contributed by atoms with Gasteiger partial charge in [0.25, 0.3) is 0 Å². The van der Waals surface area contributed by atoms with Crippen molar-refractivity contribution >= 4 is 23.4 Å². The Morgan fingerprint density at radius 2 is 1.93 bits per heavy atom. The van der Waals surface area contributed by atoms with Crippen LogP contribution in [0.25, 0.3) is 0 Å². The summed E-state index contributed by atoms with van der Waals surface area (Å²) < 4.78 is 5.53. The first-order chi connectivity index (χ1) is 12.8. The quantitative estimate of drug-likeness (QED) is 0.371. The maximum Gasteiger partial charge on any atom is 0.302 e. The highest BCUT2D eigenvalue weighted by molar-refractivity contribution is 6.28. The maximum absolute atomic E-state index is 12.5. The summed E-state index contributed by atoms with van der Waals surface area (Å²) in [5.74, 6) is 2.48. The van der Waals surface area contributed by atoms with Crippen molar-refractivity contribution in [3.05, 3.63) is 11.6 Å². The topological polar surface area (TPSA) is 43.4 Å². The average molecular weight is 393 g/mol. The van der Waals surface area contributed by atoms with E-state index >= 15 is 0 Å². The highest BCUT2D eigenvalue weighted by Crippen LogP contribution is 2.66. The molecule has 0 aromatic carbocycles. The zero-order valence-corrected chi connectivity index (χ0v) is 17.7. The molecule has 3 fully saturated rings. The van der Waals surface area contributed by atoms with Gasteiger partial charge >= 0.3 is 5.97 Å². The summed E-state index contributed by atoms with van der Waals surface area (Å²) in [5, 5.41) is 0. The van der Waals surface area contributed by atoms with Crippen LogP contribution < -0.4 is 0 Å². The SMILES string of the molecule is CC(=O)O[C@H]1CC[C@@]2(C)C(=CC[C@H]3[C@H]2CC[C@]2(C)[C@@H](C(=O)CCl)CC[C@@H]32)C1. The molecular formula is C23H33ClO3. The van der Waals surface area contributed by atoms with Crippen molar-refractivity contribution in [3.8, 4) is 0 Å². The van der Waals surface area contributed by atoms with Gasteiger partial charge in [-0.25, -0.2) is 0 Å². The normalized spacial score (nSPS) is 45.9. The first kappa shape index (κ1) is 19.5. The number of allylic oxidation sites excluding steroid dienone is 1. The number of halogens is 1. The predicted octanol–water partition coefficient (Wildman–Crippen LogP) is 5.31. The smallest absolute Gasteiger partial charge is 0.302 e. The van der Waals surface area contributed by atoms with Gasteiger partial charge < -0.3 is 4.74 Å². The summed E-state index contributed by atoms with van der Waals surface area (Å²) in [6, 6.07) is 0. The van der Waals surface area contributed by atoms with Crippen LogP contribution in [0.1, 0.15) is 72.1 Å². The molecule has 3 saturated carbocycles. The van der Waals surface area contributed by atoms with Gasteiger partial charge in [0.05, 0.1) is 5.88 Å². The molecule has 0 spiro atoms. The molecule has 0 saturated heterocycles. The minimum atomic E-state index is -0.160. The molecule has 0 heterocycles. The average Bonchev–Trinajstić information content (AvgIpc) is 2.98. The Kier molecular flexibility index (Phi) is 4.98. The van der Waals surface area contributed by atoms with E-state index in [1.165, 1.54) is 25.3 Å². The highest BCUT2D eigenvalue weighted by Gasteiger charge is 2.59. The van der Waals surface area contributed by atoms with Gasteiger partial charge in [0.15, 0.2) is 5.78 Å². The standard InChI is InChI=1S/C23H33ClO3/c1-14(25)27-16-8-10-22(2)15(12-16)4-5-17-18-6-7-20(21(26)13-24)23(18,3)11-9-19(17)22/h4,16-20H,5-13H2,1-3H3/t16-,17+,18-,19+,20+,22-,23-/m0/s1. The van der Waals surface area contributed by atoms with E-state index in [-0.39, 0.29) is 40.5 Å². The summed E-state index contributed by atoms with van der Waals surface area (Å²) in [4.78, 5) is 23.8. The number of hydrogen-bond acceptors (Lipinski definition) is 3. The fourth-order valence-corrected chi connectivity index (χ4v) is 7.77. The van der Waals surface area contributed by atoms with E-state index in [0.29, 0.717) is 17.8 Å². The van der Waals surface area contributed by atoms with Gasteiger partial charge in [-0.1, -0.05) is 25.5 Å². The van der Waals surface area contributed by atoms with Crippen LogP contribution in [-0.4, -0.2) is 23.7 Å². The van der Waals surface area contributed by atoms with Gasteiger partial charge in [-0.05, 0) is 73.5 Å². The third-order valence-electron chi connectivity index (χ3n) is 8.91. The van der Waals surface area contributed by atoms with Gasteiger partial charge in [0, 0.05) is 19.3 Å². The first-order valence-electron chi connectivity index (χ1n) is 10.7. The molecule has 0 amide bonds. The fourth-order valence-electron chi connectivity index (χ4n) is 7.58. The lowest BCUT2D eigenvalue weighted by molar-refractivity contribution is -0.149. The monoisotopic (exact) mass is 392 g/mol. The lowest BCUT2D eigenvalue weighted by atomic mass is 9.47. The summed E-state index contributed by atoms with van der Waals surface area (Å²) in [6.45, 7) is 6.34. The second-order valence-electron chi connectivity index (χ2n) is 10.0. The fraction of sp³-hybridized carbons (Fsp3) is 0.826. The number of ketones is 1. The van der Waals surface area contributed by atoms with Gasteiger partial charge in [-0.3, -0.25) is 9.59 Å². The molecule has 0 N–H and O–H groups in total. The van der Waals surface area contributed by atoms with Crippen LogP contribution in [0.3, 0.4) is 0 Å². The van der Waals surface area contributed by atoms with Gasteiger partial charge in [0.1, 0.15) is 6.10 Å². The Labute approximate surface area is 168 Å². The second-order valence-corrected chi connectivity index (χ2v) is 10.3. The van der Waals surface area contributed by atoms with E-state index in [1.54, 1.807) is 0 Å². The van der Waals surface area contributed by atoms with Gasteiger partial charge in [-0.15, -0.1) is 11.6 Å². The van der Waals surface area contributed by atoms with E-state index in [9.17, 15) is 9.59 Å².